The molecular weight excluding hydrogens is 340 g/mol. The second kappa shape index (κ2) is 6.30. The van der Waals surface area contributed by atoms with Crippen LogP contribution in [0.4, 0.5) is 8.78 Å². The molecule has 0 aliphatic heterocycles. The van der Waals surface area contributed by atoms with Gasteiger partial charge in [0.25, 0.3) is 0 Å². The first-order valence-electron chi connectivity index (χ1n) is 7.96. The fourth-order valence-corrected chi connectivity index (χ4v) is 3.07. The van der Waals surface area contributed by atoms with Crippen molar-refractivity contribution in [3.8, 4) is 0 Å². The molecule has 0 fully saturated rings. The molecule has 0 amide bonds. The third kappa shape index (κ3) is 2.95. The maximum atomic E-state index is 14.4. The fourth-order valence-electron chi connectivity index (χ4n) is 3.07. The summed E-state index contributed by atoms with van der Waals surface area (Å²) in [6, 6.07) is 10.6. The Hall–Kier alpha value is -3.13. The predicted octanol–water partition coefficient (Wildman–Crippen LogP) is 2.49. The fraction of sp³-hybridized carbons (Fsp3) is 0.167. The van der Waals surface area contributed by atoms with Crippen LogP contribution in [0, 0.1) is 11.6 Å². The van der Waals surface area contributed by atoms with Crippen molar-refractivity contribution in [2.24, 2.45) is 0 Å². The van der Waals surface area contributed by atoms with Gasteiger partial charge in [-0.25, -0.2) is 18.4 Å². The molecule has 0 bridgehead atoms. The lowest BCUT2D eigenvalue weighted by Crippen LogP contribution is -2.37. The number of benzene rings is 2. The SMILES string of the molecule is OC(Cn1cncn1)(Cn1ncc2ccccc21)c1ccc(F)cc1F. The number of halogens is 2. The van der Waals surface area contributed by atoms with Crippen molar-refractivity contribution in [1.82, 2.24) is 24.5 Å². The molecule has 132 valence electrons. The molecule has 1 N–H and O–H groups in total. The van der Waals surface area contributed by atoms with E-state index in [1.807, 2.05) is 24.3 Å². The molecule has 0 saturated carbocycles. The van der Waals surface area contributed by atoms with Crippen LogP contribution in [0.3, 0.4) is 0 Å². The Morgan fingerprint density at radius 2 is 1.88 bits per heavy atom. The van der Waals surface area contributed by atoms with Crippen LogP contribution in [-0.2, 0) is 18.7 Å². The second-order valence-corrected chi connectivity index (χ2v) is 6.11. The molecule has 0 saturated heterocycles. The lowest BCUT2D eigenvalue weighted by Gasteiger charge is -2.29. The van der Waals surface area contributed by atoms with Gasteiger partial charge in [0.05, 0.1) is 24.8 Å². The molecule has 0 spiro atoms. The van der Waals surface area contributed by atoms with Gasteiger partial charge in [-0.1, -0.05) is 24.3 Å². The van der Waals surface area contributed by atoms with Crippen LogP contribution in [0.1, 0.15) is 5.56 Å². The van der Waals surface area contributed by atoms with Crippen LogP contribution in [0.2, 0.25) is 0 Å². The van der Waals surface area contributed by atoms with Gasteiger partial charge < -0.3 is 5.11 Å². The number of aliphatic hydroxyl groups is 1. The maximum Gasteiger partial charge on any atom is 0.137 e. The van der Waals surface area contributed by atoms with Gasteiger partial charge in [-0.05, 0) is 12.1 Å². The van der Waals surface area contributed by atoms with Crippen molar-refractivity contribution < 1.29 is 13.9 Å². The van der Waals surface area contributed by atoms with Gasteiger partial charge in [0, 0.05) is 17.0 Å². The van der Waals surface area contributed by atoms with E-state index < -0.39 is 17.2 Å². The van der Waals surface area contributed by atoms with E-state index in [0.717, 1.165) is 23.0 Å². The Morgan fingerprint density at radius 1 is 1.04 bits per heavy atom. The van der Waals surface area contributed by atoms with Gasteiger partial charge in [0.1, 0.15) is 29.9 Å². The summed E-state index contributed by atoms with van der Waals surface area (Å²) in [7, 11) is 0. The molecule has 1 atom stereocenters. The van der Waals surface area contributed by atoms with Gasteiger partial charge >= 0.3 is 0 Å². The zero-order chi connectivity index (χ0) is 18.1. The lowest BCUT2D eigenvalue weighted by molar-refractivity contribution is -0.00734. The van der Waals surface area contributed by atoms with Gasteiger partial charge in [-0.15, -0.1) is 0 Å². The first-order chi connectivity index (χ1) is 12.5. The van der Waals surface area contributed by atoms with Crippen LogP contribution < -0.4 is 0 Å². The zero-order valence-corrected chi connectivity index (χ0v) is 13.6. The Balaban J connectivity index is 1.79. The second-order valence-electron chi connectivity index (χ2n) is 6.11. The van der Waals surface area contributed by atoms with Crippen LogP contribution in [0.25, 0.3) is 10.9 Å². The highest BCUT2D eigenvalue weighted by molar-refractivity contribution is 5.78. The number of nitrogens with zero attached hydrogens (tertiary/aromatic N) is 5. The van der Waals surface area contributed by atoms with E-state index in [0.29, 0.717) is 0 Å². The van der Waals surface area contributed by atoms with E-state index in [1.54, 1.807) is 10.9 Å². The molecule has 2 aromatic heterocycles. The molecule has 6 nitrogen and oxygen atoms in total. The highest BCUT2D eigenvalue weighted by Crippen LogP contribution is 2.29. The minimum absolute atomic E-state index is 0.0334. The van der Waals surface area contributed by atoms with Crippen molar-refractivity contribution >= 4 is 10.9 Å². The van der Waals surface area contributed by atoms with Crippen molar-refractivity contribution in [1.29, 1.82) is 0 Å². The summed E-state index contributed by atoms with van der Waals surface area (Å²) in [5.74, 6) is -1.54. The van der Waals surface area contributed by atoms with Crippen LogP contribution in [0.15, 0.2) is 61.3 Å². The number of hydrogen-bond acceptors (Lipinski definition) is 4. The number of para-hydroxylation sites is 1. The molecule has 2 heterocycles. The summed E-state index contributed by atoms with van der Waals surface area (Å²) < 4.78 is 30.8. The first-order valence-corrected chi connectivity index (χ1v) is 7.96. The molecule has 0 aliphatic rings. The Bertz CT molecular complexity index is 1050. The van der Waals surface area contributed by atoms with Gasteiger partial charge in [-0.3, -0.25) is 4.68 Å². The topological polar surface area (TPSA) is 68.8 Å². The van der Waals surface area contributed by atoms with E-state index in [9.17, 15) is 13.9 Å². The van der Waals surface area contributed by atoms with Crippen molar-refractivity contribution in [3.05, 3.63) is 78.5 Å². The van der Waals surface area contributed by atoms with E-state index in [4.69, 9.17) is 0 Å². The summed E-state index contributed by atoms with van der Waals surface area (Å²) in [5, 5.41) is 20.5. The van der Waals surface area contributed by atoms with Gasteiger partial charge in [0.15, 0.2) is 0 Å². The van der Waals surface area contributed by atoms with Gasteiger partial charge in [-0.2, -0.15) is 10.2 Å². The number of hydrogen-bond donors (Lipinski definition) is 1. The smallest absolute Gasteiger partial charge is 0.137 e. The lowest BCUT2D eigenvalue weighted by atomic mass is 9.92. The standard InChI is InChI=1S/C18H15F2N5O/c19-14-5-6-15(16(20)7-14)18(26,9-24-12-21-11-23-24)10-25-17-4-2-1-3-13(17)8-22-25/h1-8,11-12,26H,9-10H2. The molecule has 0 aliphatic carbocycles. The molecular formula is C18H15F2N5O. The molecule has 4 aromatic rings. The van der Waals surface area contributed by atoms with Gasteiger partial charge in [0.2, 0.25) is 0 Å². The Labute approximate surface area is 147 Å². The van der Waals surface area contributed by atoms with E-state index in [2.05, 4.69) is 15.2 Å². The van der Waals surface area contributed by atoms with E-state index in [-0.39, 0.29) is 18.7 Å². The maximum absolute atomic E-state index is 14.4. The molecule has 26 heavy (non-hydrogen) atoms. The zero-order valence-electron chi connectivity index (χ0n) is 13.6. The highest BCUT2D eigenvalue weighted by atomic mass is 19.1. The number of fused-ring (bicyclic) bond motifs is 1. The predicted molar refractivity (Wildman–Crippen MR) is 90.0 cm³/mol. The average molecular weight is 355 g/mol. The quantitative estimate of drug-likeness (QED) is 0.597. The van der Waals surface area contributed by atoms with Crippen molar-refractivity contribution in [3.63, 3.8) is 0 Å². The normalized spacial score (nSPS) is 13.8. The summed E-state index contributed by atoms with van der Waals surface area (Å²) in [6.07, 6.45) is 4.42. The summed E-state index contributed by atoms with van der Waals surface area (Å²) >= 11 is 0. The summed E-state index contributed by atoms with van der Waals surface area (Å²) in [4.78, 5) is 3.85. The number of rotatable bonds is 5. The Kier molecular flexibility index (Phi) is 3.96. The summed E-state index contributed by atoms with van der Waals surface area (Å²) in [5.41, 5.74) is -0.943. The summed E-state index contributed by atoms with van der Waals surface area (Å²) in [6.45, 7) is -0.104. The van der Waals surface area contributed by atoms with E-state index >= 15 is 0 Å². The third-order valence-corrected chi connectivity index (χ3v) is 4.29. The van der Waals surface area contributed by atoms with Crippen LogP contribution in [-0.4, -0.2) is 29.7 Å². The largest absolute Gasteiger partial charge is 0.381 e. The Morgan fingerprint density at radius 3 is 2.65 bits per heavy atom. The van der Waals surface area contributed by atoms with Crippen LogP contribution >= 0.6 is 0 Å². The molecule has 1 unspecified atom stereocenters. The molecule has 4 rings (SSSR count). The number of aromatic nitrogens is 5. The minimum Gasteiger partial charge on any atom is -0.381 e. The van der Waals surface area contributed by atoms with Crippen LogP contribution in [0.5, 0.6) is 0 Å². The molecule has 0 radical (unpaired) electrons. The minimum atomic E-state index is -1.71. The molecule has 8 heteroatoms. The average Bonchev–Trinajstić information content (AvgIpc) is 3.25. The highest BCUT2D eigenvalue weighted by Gasteiger charge is 2.35. The first kappa shape index (κ1) is 16.3. The molecule has 2 aromatic carbocycles. The monoisotopic (exact) mass is 355 g/mol. The van der Waals surface area contributed by atoms with Crippen molar-refractivity contribution in [2.75, 3.05) is 0 Å². The van der Waals surface area contributed by atoms with E-state index in [1.165, 1.54) is 23.4 Å². The van der Waals surface area contributed by atoms with Crippen molar-refractivity contribution in [2.45, 2.75) is 18.7 Å². The third-order valence-electron chi connectivity index (χ3n) is 4.29.